The van der Waals surface area contributed by atoms with Gasteiger partial charge in [-0.25, -0.2) is 8.78 Å². The van der Waals surface area contributed by atoms with E-state index in [1.54, 1.807) is 24.3 Å². The predicted octanol–water partition coefficient (Wildman–Crippen LogP) is 3.07. The zero-order valence-corrected chi connectivity index (χ0v) is 7.60. The fourth-order valence-corrected chi connectivity index (χ4v) is 1.01. The number of benzene rings is 1. The van der Waals surface area contributed by atoms with Crippen molar-refractivity contribution >= 4 is 11.6 Å². The third-order valence-corrected chi connectivity index (χ3v) is 1.76. The average molecular weight is 207 g/mol. The van der Waals surface area contributed by atoms with E-state index in [0.29, 0.717) is 11.6 Å². The maximum absolute atomic E-state index is 11.7. The van der Waals surface area contributed by atoms with Crippen molar-refractivity contribution in [3.05, 3.63) is 29.8 Å². The highest BCUT2D eigenvalue weighted by Crippen LogP contribution is 2.14. The Balaban J connectivity index is 2.49. The van der Waals surface area contributed by atoms with Gasteiger partial charge in [-0.1, -0.05) is 12.1 Å². The zero-order chi connectivity index (χ0) is 9.68. The van der Waals surface area contributed by atoms with Crippen LogP contribution in [0.4, 0.5) is 8.78 Å². The number of ether oxygens (including phenoxy) is 1. The molecule has 13 heavy (non-hydrogen) atoms. The summed E-state index contributed by atoms with van der Waals surface area (Å²) in [6.07, 6.45) is -2.44. The van der Waals surface area contributed by atoms with Gasteiger partial charge in [-0.05, 0) is 17.7 Å². The Morgan fingerprint density at radius 2 is 1.85 bits per heavy atom. The van der Waals surface area contributed by atoms with E-state index in [9.17, 15) is 8.78 Å². The lowest BCUT2D eigenvalue weighted by molar-refractivity contribution is 0.0819. The molecule has 0 unspecified atom stereocenters. The molecule has 0 aliphatic heterocycles. The monoisotopic (exact) mass is 206 g/mol. The second kappa shape index (κ2) is 5.02. The van der Waals surface area contributed by atoms with E-state index in [2.05, 4.69) is 0 Å². The van der Waals surface area contributed by atoms with E-state index < -0.39 is 13.0 Å². The molecular formula is C9H9ClF2O. The van der Waals surface area contributed by atoms with Crippen LogP contribution in [0, 0.1) is 0 Å². The van der Waals surface area contributed by atoms with Crippen LogP contribution in [0.15, 0.2) is 24.3 Å². The summed E-state index contributed by atoms with van der Waals surface area (Å²) >= 11 is 5.55. The molecule has 4 heteroatoms. The van der Waals surface area contributed by atoms with Crippen molar-refractivity contribution in [2.75, 3.05) is 6.61 Å². The molecule has 0 aliphatic rings. The third kappa shape index (κ3) is 3.59. The highest BCUT2D eigenvalue weighted by Gasteiger charge is 2.02. The number of rotatable bonds is 4. The van der Waals surface area contributed by atoms with E-state index in [0.717, 1.165) is 5.56 Å². The summed E-state index contributed by atoms with van der Waals surface area (Å²) in [6, 6.07) is 6.74. The minimum absolute atomic E-state index is 0.412. The second-order valence-corrected chi connectivity index (χ2v) is 2.75. The van der Waals surface area contributed by atoms with Gasteiger partial charge in [0.2, 0.25) is 0 Å². The van der Waals surface area contributed by atoms with Crippen LogP contribution in [0.5, 0.6) is 5.75 Å². The topological polar surface area (TPSA) is 9.23 Å². The molecule has 0 amide bonds. The van der Waals surface area contributed by atoms with Crippen molar-refractivity contribution in [1.29, 1.82) is 0 Å². The normalized spacial score (nSPS) is 10.5. The maximum Gasteiger partial charge on any atom is 0.272 e. The standard InChI is InChI=1S/C9H9ClF2O/c10-5-7-1-3-8(4-2-7)13-6-9(11)12/h1-4,9H,5-6H2. The fourth-order valence-electron chi connectivity index (χ4n) is 0.834. The minimum atomic E-state index is -2.44. The van der Waals surface area contributed by atoms with Crippen molar-refractivity contribution < 1.29 is 13.5 Å². The van der Waals surface area contributed by atoms with Gasteiger partial charge in [-0.15, -0.1) is 11.6 Å². The highest BCUT2D eigenvalue weighted by atomic mass is 35.5. The minimum Gasteiger partial charge on any atom is -0.488 e. The molecule has 0 aliphatic carbocycles. The van der Waals surface area contributed by atoms with Crippen LogP contribution in [0.2, 0.25) is 0 Å². The van der Waals surface area contributed by atoms with Gasteiger partial charge in [0.15, 0.2) is 0 Å². The Hall–Kier alpha value is -0.830. The van der Waals surface area contributed by atoms with Crippen LogP contribution in [0.25, 0.3) is 0 Å². The Kier molecular flexibility index (Phi) is 3.96. The zero-order valence-electron chi connectivity index (χ0n) is 6.84. The van der Waals surface area contributed by atoms with Crippen LogP contribution >= 0.6 is 11.6 Å². The molecule has 0 bridgehead atoms. The van der Waals surface area contributed by atoms with Gasteiger partial charge in [0.1, 0.15) is 12.4 Å². The Bertz CT molecular complexity index is 248. The number of alkyl halides is 3. The maximum atomic E-state index is 11.7. The van der Waals surface area contributed by atoms with E-state index in [4.69, 9.17) is 16.3 Å². The average Bonchev–Trinajstić information content (AvgIpc) is 2.15. The van der Waals surface area contributed by atoms with E-state index in [1.807, 2.05) is 0 Å². The Morgan fingerprint density at radius 3 is 2.31 bits per heavy atom. The summed E-state index contributed by atoms with van der Waals surface area (Å²) in [6.45, 7) is -0.569. The van der Waals surface area contributed by atoms with Crippen LogP contribution in [-0.4, -0.2) is 13.0 Å². The molecule has 0 heterocycles. The molecule has 0 saturated heterocycles. The van der Waals surface area contributed by atoms with Gasteiger partial charge in [0, 0.05) is 5.88 Å². The molecule has 0 spiro atoms. The molecule has 1 aromatic rings. The van der Waals surface area contributed by atoms with Crippen molar-refractivity contribution in [3.8, 4) is 5.75 Å². The van der Waals surface area contributed by atoms with Crippen molar-refractivity contribution in [2.45, 2.75) is 12.3 Å². The van der Waals surface area contributed by atoms with Crippen molar-refractivity contribution in [3.63, 3.8) is 0 Å². The lowest BCUT2D eigenvalue weighted by atomic mass is 10.2. The summed E-state index contributed by atoms with van der Waals surface area (Å²) in [7, 11) is 0. The van der Waals surface area contributed by atoms with E-state index in [-0.39, 0.29) is 0 Å². The molecule has 0 aromatic heterocycles. The summed E-state index contributed by atoms with van der Waals surface area (Å²) in [5.41, 5.74) is 0.936. The molecule has 1 nitrogen and oxygen atoms in total. The van der Waals surface area contributed by atoms with Gasteiger partial charge < -0.3 is 4.74 Å². The first-order valence-electron chi connectivity index (χ1n) is 3.78. The van der Waals surface area contributed by atoms with Crippen LogP contribution in [0.3, 0.4) is 0 Å². The summed E-state index contributed by atoms with van der Waals surface area (Å²) in [5, 5.41) is 0. The van der Waals surface area contributed by atoms with E-state index in [1.165, 1.54) is 0 Å². The van der Waals surface area contributed by atoms with Crippen molar-refractivity contribution in [2.24, 2.45) is 0 Å². The highest BCUT2D eigenvalue weighted by molar-refractivity contribution is 6.17. The molecule has 0 atom stereocenters. The summed E-state index contributed by atoms with van der Waals surface area (Å²) in [4.78, 5) is 0. The first-order chi connectivity index (χ1) is 6.22. The van der Waals surface area contributed by atoms with Gasteiger partial charge in [0.25, 0.3) is 6.43 Å². The van der Waals surface area contributed by atoms with Gasteiger partial charge in [0.05, 0.1) is 0 Å². The predicted molar refractivity (Wildman–Crippen MR) is 47.5 cm³/mol. The molecule has 0 N–H and O–H groups in total. The van der Waals surface area contributed by atoms with Gasteiger partial charge in [-0.3, -0.25) is 0 Å². The molecule has 0 fully saturated rings. The summed E-state index contributed by atoms with van der Waals surface area (Å²) < 4.78 is 28.2. The van der Waals surface area contributed by atoms with Crippen molar-refractivity contribution in [1.82, 2.24) is 0 Å². The second-order valence-electron chi connectivity index (χ2n) is 2.48. The quantitative estimate of drug-likeness (QED) is 0.688. The third-order valence-electron chi connectivity index (χ3n) is 1.45. The van der Waals surface area contributed by atoms with Crippen LogP contribution < -0.4 is 4.74 Å². The summed E-state index contributed by atoms with van der Waals surface area (Å²) in [5.74, 6) is 0.851. The Morgan fingerprint density at radius 1 is 1.23 bits per heavy atom. The first kappa shape index (κ1) is 10.3. The lowest BCUT2D eigenvalue weighted by Gasteiger charge is -2.05. The SMILES string of the molecule is FC(F)COc1ccc(CCl)cc1. The number of hydrogen-bond acceptors (Lipinski definition) is 1. The largest absolute Gasteiger partial charge is 0.488 e. The first-order valence-corrected chi connectivity index (χ1v) is 4.31. The van der Waals surface area contributed by atoms with Gasteiger partial charge >= 0.3 is 0 Å². The lowest BCUT2D eigenvalue weighted by Crippen LogP contribution is -2.06. The molecule has 0 saturated carbocycles. The molecular weight excluding hydrogens is 198 g/mol. The van der Waals surface area contributed by atoms with E-state index >= 15 is 0 Å². The molecule has 0 radical (unpaired) electrons. The smallest absolute Gasteiger partial charge is 0.272 e. The fraction of sp³-hybridized carbons (Fsp3) is 0.333. The number of hydrogen-bond donors (Lipinski definition) is 0. The molecule has 1 rings (SSSR count). The number of halogens is 3. The van der Waals surface area contributed by atoms with Crippen LogP contribution in [-0.2, 0) is 5.88 Å². The van der Waals surface area contributed by atoms with Gasteiger partial charge in [-0.2, -0.15) is 0 Å². The Labute approximate surface area is 80.3 Å². The molecule has 1 aromatic carbocycles. The molecule has 72 valence electrons. The van der Waals surface area contributed by atoms with Crippen LogP contribution in [0.1, 0.15) is 5.56 Å².